The van der Waals surface area contributed by atoms with Crippen LogP contribution >= 0.6 is 0 Å². The molecule has 0 aliphatic rings. The molecule has 5 heteroatoms. The lowest BCUT2D eigenvalue weighted by Gasteiger charge is -2.15. The molecule has 0 spiro atoms. The number of pyridine rings is 1. The molecule has 0 fully saturated rings. The minimum Gasteiger partial charge on any atom is -0.456 e. The third-order valence-electron chi connectivity index (χ3n) is 11.4. The number of hydrogen-bond donors (Lipinski definition) is 0. The molecule has 0 aliphatic heterocycles. The van der Waals surface area contributed by atoms with Crippen molar-refractivity contribution in [2.24, 2.45) is 0 Å². The molecular formula is C53H32N4O. The van der Waals surface area contributed by atoms with Crippen LogP contribution in [0.5, 0.6) is 0 Å². The highest BCUT2D eigenvalue weighted by atomic mass is 16.3. The summed E-state index contributed by atoms with van der Waals surface area (Å²) in [6.07, 6.45) is 0. The summed E-state index contributed by atoms with van der Waals surface area (Å²) in [5.74, 6) is 1.50. The van der Waals surface area contributed by atoms with Gasteiger partial charge in [0.25, 0.3) is 0 Å². The van der Waals surface area contributed by atoms with Crippen LogP contribution in [0.15, 0.2) is 199 Å². The Labute approximate surface area is 333 Å². The molecule has 0 saturated carbocycles. The standard InChI is InChI=1S/C53H32N4O/c1-3-14-35(15-4-1)51-42-30-31-47-50(40-20-9-12-25-46(40)58-47)49(42)41-22-13-21-37(52(41)56-51)33-26-28-34(29-27-33)43-32-48(55-53(54-43)36-16-5-2-6-17-36)57-44-23-10-7-18-38(44)39-19-8-11-24-45(39)57/h1-32H. The summed E-state index contributed by atoms with van der Waals surface area (Å²) in [4.78, 5) is 15.9. The van der Waals surface area contributed by atoms with Gasteiger partial charge in [0, 0.05) is 66.0 Å². The number of hydrogen-bond acceptors (Lipinski definition) is 4. The van der Waals surface area contributed by atoms with E-state index >= 15 is 0 Å². The maximum atomic E-state index is 6.40. The van der Waals surface area contributed by atoms with E-state index in [9.17, 15) is 0 Å². The molecule has 0 saturated heterocycles. The predicted molar refractivity (Wildman–Crippen MR) is 238 cm³/mol. The molecule has 12 rings (SSSR count). The van der Waals surface area contributed by atoms with Crippen LogP contribution in [-0.2, 0) is 0 Å². The third-order valence-corrected chi connectivity index (χ3v) is 11.4. The third kappa shape index (κ3) is 5.00. The van der Waals surface area contributed by atoms with Crippen LogP contribution in [0, 0.1) is 0 Å². The number of benzene rings is 8. The zero-order chi connectivity index (χ0) is 38.2. The summed E-state index contributed by atoms with van der Waals surface area (Å²) >= 11 is 0. The van der Waals surface area contributed by atoms with E-state index in [4.69, 9.17) is 19.4 Å². The highest BCUT2D eigenvalue weighted by molar-refractivity contribution is 6.29. The molecule has 0 N–H and O–H groups in total. The number of aromatic nitrogens is 4. The average molecular weight is 741 g/mol. The molecule has 0 bridgehead atoms. The van der Waals surface area contributed by atoms with Gasteiger partial charge in [-0.1, -0.05) is 158 Å². The lowest BCUT2D eigenvalue weighted by molar-refractivity contribution is 0.669. The van der Waals surface area contributed by atoms with Crippen molar-refractivity contribution in [2.75, 3.05) is 0 Å². The second-order valence-electron chi connectivity index (χ2n) is 14.7. The van der Waals surface area contributed by atoms with Gasteiger partial charge in [-0.05, 0) is 35.9 Å². The van der Waals surface area contributed by atoms with E-state index in [-0.39, 0.29) is 0 Å². The van der Waals surface area contributed by atoms with Gasteiger partial charge in [-0.15, -0.1) is 0 Å². The zero-order valence-electron chi connectivity index (χ0n) is 31.2. The van der Waals surface area contributed by atoms with Crippen molar-refractivity contribution in [3.63, 3.8) is 0 Å². The molecule has 12 aromatic rings. The fourth-order valence-corrected chi connectivity index (χ4v) is 8.78. The first-order valence-corrected chi connectivity index (χ1v) is 19.5. The van der Waals surface area contributed by atoms with Crippen molar-refractivity contribution < 1.29 is 4.42 Å². The van der Waals surface area contributed by atoms with E-state index in [0.717, 1.165) is 99.7 Å². The van der Waals surface area contributed by atoms with Crippen LogP contribution in [0.2, 0.25) is 0 Å². The van der Waals surface area contributed by atoms with Crippen LogP contribution in [0.25, 0.3) is 116 Å². The zero-order valence-corrected chi connectivity index (χ0v) is 31.2. The van der Waals surface area contributed by atoms with Gasteiger partial charge in [-0.25, -0.2) is 15.0 Å². The van der Waals surface area contributed by atoms with Crippen molar-refractivity contribution in [1.82, 2.24) is 19.5 Å². The number of nitrogens with zero attached hydrogens (tertiary/aromatic N) is 4. The van der Waals surface area contributed by atoms with Gasteiger partial charge in [-0.2, -0.15) is 0 Å². The quantitative estimate of drug-likeness (QED) is 0.165. The minimum atomic E-state index is 0.677. The largest absolute Gasteiger partial charge is 0.456 e. The molecule has 4 aromatic heterocycles. The van der Waals surface area contributed by atoms with E-state index < -0.39 is 0 Å². The SMILES string of the molecule is c1ccc(-c2nc(-c3ccc(-c4cccc5c4nc(-c4ccccc4)c4ccc6oc7ccccc7c6c45)cc3)cc(-n3c4ccccc4c4ccccc43)n2)cc1. The molecule has 0 atom stereocenters. The summed E-state index contributed by atoms with van der Waals surface area (Å²) < 4.78 is 8.66. The van der Waals surface area contributed by atoms with Gasteiger partial charge in [0.1, 0.15) is 17.0 Å². The smallest absolute Gasteiger partial charge is 0.162 e. The van der Waals surface area contributed by atoms with E-state index in [1.807, 2.05) is 36.4 Å². The molecule has 0 unspecified atom stereocenters. The molecule has 0 amide bonds. The second kappa shape index (κ2) is 12.8. The van der Waals surface area contributed by atoms with Gasteiger partial charge in [0.05, 0.1) is 27.9 Å². The Kier molecular flexibility index (Phi) is 7.16. The van der Waals surface area contributed by atoms with Crippen LogP contribution in [0.4, 0.5) is 0 Å². The molecule has 4 heterocycles. The number of para-hydroxylation sites is 4. The molecule has 0 radical (unpaired) electrons. The van der Waals surface area contributed by atoms with Crippen molar-refractivity contribution in [2.45, 2.75) is 0 Å². The minimum absolute atomic E-state index is 0.677. The fourth-order valence-electron chi connectivity index (χ4n) is 8.78. The summed E-state index contributed by atoms with van der Waals surface area (Å²) in [6, 6.07) is 67.7. The van der Waals surface area contributed by atoms with Crippen LogP contribution in [0.3, 0.4) is 0 Å². The Bertz CT molecular complexity index is 3500. The Morgan fingerprint density at radius 1 is 0.379 bits per heavy atom. The highest BCUT2D eigenvalue weighted by Gasteiger charge is 2.20. The van der Waals surface area contributed by atoms with Crippen molar-refractivity contribution in [3.8, 4) is 50.8 Å². The van der Waals surface area contributed by atoms with E-state index in [2.05, 4.69) is 162 Å². The van der Waals surface area contributed by atoms with Crippen molar-refractivity contribution in [3.05, 3.63) is 194 Å². The fraction of sp³-hybridized carbons (Fsp3) is 0. The summed E-state index contributed by atoms with van der Waals surface area (Å²) in [6.45, 7) is 0. The lowest BCUT2D eigenvalue weighted by Crippen LogP contribution is -2.02. The van der Waals surface area contributed by atoms with Crippen LogP contribution < -0.4 is 0 Å². The highest BCUT2D eigenvalue weighted by Crippen LogP contribution is 2.43. The van der Waals surface area contributed by atoms with Gasteiger partial charge in [-0.3, -0.25) is 4.57 Å². The molecule has 0 aliphatic carbocycles. The molecular weight excluding hydrogens is 709 g/mol. The Morgan fingerprint density at radius 2 is 1.00 bits per heavy atom. The van der Waals surface area contributed by atoms with Crippen molar-refractivity contribution in [1.29, 1.82) is 0 Å². The first kappa shape index (κ1) is 32.4. The Balaban J connectivity index is 1.06. The topological polar surface area (TPSA) is 56.7 Å². The van der Waals surface area contributed by atoms with Crippen LogP contribution in [-0.4, -0.2) is 19.5 Å². The van der Waals surface area contributed by atoms with Gasteiger partial charge < -0.3 is 4.42 Å². The monoisotopic (exact) mass is 740 g/mol. The molecule has 270 valence electrons. The summed E-state index contributed by atoms with van der Waals surface area (Å²) in [5.41, 5.74) is 11.9. The summed E-state index contributed by atoms with van der Waals surface area (Å²) in [5, 5.41) is 7.94. The first-order chi connectivity index (χ1) is 28.8. The van der Waals surface area contributed by atoms with Gasteiger partial charge in [0.2, 0.25) is 0 Å². The summed E-state index contributed by atoms with van der Waals surface area (Å²) in [7, 11) is 0. The van der Waals surface area contributed by atoms with Crippen molar-refractivity contribution >= 4 is 65.4 Å². The van der Waals surface area contributed by atoms with E-state index in [1.165, 1.54) is 10.8 Å². The lowest BCUT2D eigenvalue weighted by atomic mass is 9.93. The normalized spacial score (nSPS) is 11.8. The van der Waals surface area contributed by atoms with Gasteiger partial charge >= 0.3 is 0 Å². The average Bonchev–Trinajstić information content (AvgIpc) is 3.85. The number of rotatable bonds is 5. The van der Waals surface area contributed by atoms with Crippen LogP contribution in [0.1, 0.15) is 0 Å². The predicted octanol–water partition coefficient (Wildman–Crippen LogP) is 13.8. The molecule has 58 heavy (non-hydrogen) atoms. The Hall–Kier alpha value is -7.89. The number of fused-ring (bicyclic) bond motifs is 10. The second-order valence-corrected chi connectivity index (χ2v) is 14.7. The van der Waals surface area contributed by atoms with E-state index in [1.54, 1.807) is 0 Å². The maximum absolute atomic E-state index is 6.40. The van der Waals surface area contributed by atoms with E-state index in [0.29, 0.717) is 5.82 Å². The van der Waals surface area contributed by atoms with Gasteiger partial charge in [0.15, 0.2) is 5.82 Å². The Morgan fingerprint density at radius 3 is 1.74 bits per heavy atom. The molecule has 5 nitrogen and oxygen atoms in total. The number of furan rings is 1. The maximum Gasteiger partial charge on any atom is 0.162 e. The first-order valence-electron chi connectivity index (χ1n) is 19.5. The molecule has 8 aromatic carbocycles.